The van der Waals surface area contributed by atoms with Crippen LogP contribution in [0.2, 0.25) is 0 Å². The molecule has 96 valence electrons. The number of benzene rings is 1. The number of hydrogen-bond acceptors (Lipinski definition) is 2. The van der Waals surface area contributed by atoms with Gasteiger partial charge in [-0.25, -0.2) is 0 Å². The molecule has 1 atom stereocenters. The second-order valence-electron chi connectivity index (χ2n) is 5.13. The van der Waals surface area contributed by atoms with E-state index >= 15 is 0 Å². The van der Waals surface area contributed by atoms with E-state index in [4.69, 9.17) is 0 Å². The number of rotatable bonds is 6. The highest BCUT2D eigenvalue weighted by Gasteiger charge is 2.04. The molecule has 0 aliphatic heterocycles. The SMILES string of the molecule is CCN(C)CC(C)NCc1cc(C)cc(C)c1. The van der Waals surface area contributed by atoms with Gasteiger partial charge in [0.1, 0.15) is 0 Å². The minimum absolute atomic E-state index is 0.528. The molecule has 0 spiro atoms. The van der Waals surface area contributed by atoms with Crippen molar-refractivity contribution in [3.8, 4) is 0 Å². The summed E-state index contributed by atoms with van der Waals surface area (Å²) in [6.45, 7) is 11.9. The zero-order valence-electron chi connectivity index (χ0n) is 11.9. The molecule has 0 radical (unpaired) electrons. The van der Waals surface area contributed by atoms with Gasteiger partial charge in [-0.2, -0.15) is 0 Å². The van der Waals surface area contributed by atoms with Gasteiger partial charge in [0.15, 0.2) is 0 Å². The minimum Gasteiger partial charge on any atom is -0.309 e. The molecular weight excluding hydrogens is 208 g/mol. The molecule has 0 saturated carbocycles. The van der Waals surface area contributed by atoms with Gasteiger partial charge in [0, 0.05) is 19.1 Å². The normalized spacial score (nSPS) is 13.1. The smallest absolute Gasteiger partial charge is 0.0208 e. The lowest BCUT2D eigenvalue weighted by molar-refractivity contribution is 0.309. The maximum Gasteiger partial charge on any atom is 0.0208 e. The monoisotopic (exact) mass is 234 g/mol. The molecule has 1 aromatic carbocycles. The van der Waals surface area contributed by atoms with E-state index in [1.54, 1.807) is 0 Å². The third-order valence-electron chi connectivity index (χ3n) is 3.06. The summed E-state index contributed by atoms with van der Waals surface area (Å²) in [6.07, 6.45) is 0. The van der Waals surface area contributed by atoms with Crippen LogP contribution in [-0.4, -0.2) is 31.1 Å². The van der Waals surface area contributed by atoms with Gasteiger partial charge in [0.2, 0.25) is 0 Å². The third-order valence-corrected chi connectivity index (χ3v) is 3.06. The van der Waals surface area contributed by atoms with Crippen molar-refractivity contribution >= 4 is 0 Å². The Morgan fingerprint density at radius 1 is 1.18 bits per heavy atom. The lowest BCUT2D eigenvalue weighted by Crippen LogP contribution is -2.36. The van der Waals surface area contributed by atoms with Crippen LogP contribution in [0.15, 0.2) is 18.2 Å². The first-order valence-corrected chi connectivity index (χ1v) is 6.50. The molecule has 1 aromatic rings. The average molecular weight is 234 g/mol. The standard InChI is InChI=1S/C15H26N2/c1-6-17(5)11-14(4)16-10-15-8-12(2)7-13(3)9-15/h7-9,14,16H,6,10-11H2,1-5H3. The van der Waals surface area contributed by atoms with E-state index < -0.39 is 0 Å². The summed E-state index contributed by atoms with van der Waals surface area (Å²) in [5.41, 5.74) is 4.08. The molecule has 2 heteroatoms. The van der Waals surface area contributed by atoms with Crippen LogP contribution in [-0.2, 0) is 6.54 Å². The lowest BCUT2D eigenvalue weighted by Gasteiger charge is -2.21. The van der Waals surface area contributed by atoms with Crippen molar-refractivity contribution in [3.05, 3.63) is 34.9 Å². The molecule has 17 heavy (non-hydrogen) atoms. The van der Waals surface area contributed by atoms with Gasteiger partial charge in [-0.05, 0) is 39.9 Å². The van der Waals surface area contributed by atoms with Crippen LogP contribution in [0, 0.1) is 13.8 Å². The summed E-state index contributed by atoms with van der Waals surface area (Å²) in [7, 11) is 2.16. The number of aryl methyl sites for hydroxylation is 2. The Morgan fingerprint density at radius 3 is 2.29 bits per heavy atom. The molecule has 0 amide bonds. The Balaban J connectivity index is 2.44. The van der Waals surface area contributed by atoms with Gasteiger partial charge in [-0.3, -0.25) is 0 Å². The predicted octanol–water partition coefficient (Wildman–Crippen LogP) is 2.73. The summed E-state index contributed by atoms with van der Waals surface area (Å²) in [5.74, 6) is 0. The first-order chi connectivity index (χ1) is 8.01. The van der Waals surface area contributed by atoms with Gasteiger partial charge in [-0.15, -0.1) is 0 Å². The quantitative estimate of drug-likeness (QED) is 0.814. The van der Waals surface area contributed by atoms with E-state index in [1.165, 1.54) is 16.7 Å². The average Bonchev–Trinajstić information content (AvgIpc) is 2.25. The van der Waals surface area contributed by atoms with E-state index in [9.17, 15) is 0 Å². The largest absolute Gasteiger partial charge is 0.309 e. The summed E-state index contributed by atoms with van der Waals surface area (Å²) >= 11 is 0. The molecule has 0 bridgehead atoms. The number of nitrogens with zero attached hydrogens (tertiary/aromatic N) is 1. The first-order valence-electron chi connectivity index (χ1n) is 6.50. The number of likely N-dealkylation sites (N-methyl/N-ethyl adjacent to an activating group) is 1. The fraction of sp³-hybridized carbons (Fsp3) is 0.600. The van der Waals surface area contributed by atoms with Gasteiger partial charge < -0.3 is 10.2 Å². The van der Waals surface area contributed by atoms with Crippen molar-refractivity contribution in [1.29, 1.82) is 0 Å². The van der Waals surface area contributed by atoms with Crippen LogP contribution in [0.25, 0.3) is 0 Å². The second-order valence-corrected chi connectivity index (χ2v) is 5.13. The van der Waals surface area contributed by atoms with Crippen LogP contribution >= 0.6 is 0 Å². The molecule has 0 saturated heterocycles. The molecule has 2 nitrogen and oxygen atoms in total. The molecule has 1 unspecified atom stereocenters. The topological polar surface area (TPSA) is 15.3 Å². The summed E-state index contributed by atoms with van der Waals surface area (Å²) < 4.78 is 0. The number of nitrogens with one attached hydrogen (secondary N) is 1. The predicted molar refractivity (Wildman–Crippen MR) is 75.4 cm³/mol. The maximum absolute atomic E-state index is 3.58. The van der Waals surface area contributed by atoms with Crippen molar-refractivity contribution in [2.75, 3.05) is 20.1 Å². The third kappa shape index (κ3) is 5.33. The van der Waals surface area contributed by atoms with E-state index in [0.29, 0.717) is 6.04 Å². The molecule has 1 rings (SSSR count). The maximum atomic E-state index is 3.58. The number of hydrogen-bond donors (Lipinski definition) is 1. The molecule has 0 aliphatic carbocycles. The summed E-state index contributed by atoms with van der Waals surface area (Å²) in [4.78, 5) is 2.33. The molecule has 0 heterocycles. The minimum atomic E-state index is 0.528. The van der Waals surface area contributed by atoms with Crippen LogP contribution in [0.5, 0.6) is 0 Å². The fourth-order valence-electron chi connectivity index (χ4n) is 2.12. The second kappa shape index (κ2) is 6.77. The van der Waals surface area contributed by atoms with Crippen LogP contribution < -0.4 is 5.32 Å². The Hall–Kier alpha value is -0.860. The zero-order chi connectivity index (χ0) is 12.8. The lowest BCUT2D eigenvalue weighted by atomic mass is 10.1. The van der Waals surface area contributed by atoms with Crippen LogP contribution in [0.1, 0.15) is 30.5 Å². The Morgan fingerprint density at radius 2 is 1.76 bits per heavy atom. The van der Waals surface area contributed by atoms with Gasteiger partial charge in [0.25, 0.3) is 0 Å². The Bertz CT molecular complexity index is 327. The Kier molecular flexibility index (Phi) is 5.66. The molecule has 1 N–H and O–H groups in total. The summed E-state index contributed by atoms with van der Waals surface area (Å²) in [5, 5.41) is 3.58. The van der Waals surface area contributed by atoms with Gasteiger partial charge in [-0.1, -0.05) is 36.2 Å². The zero-order valence-corrected chi connectivity index (χ0v) is 11.9. The molecule has 0 aromatic heterocycles. The van der Waals surface area contributed by atoms with Gasteiger partial charge in [0.05, 0.1) is 0 Å². The molecular formula is C15H26N2. The van der Waals surface area contributed by atoms with Crippen LogP contribution in [0.3, 0.4) is 0 Å². The van der Waals surface area contributed by atoms with Crippen molar-refractivity contribution in [1.82, 2.24) is 10.2 Å². The highest BCUT2D eigenvalue weighted by molar-refractivity contribution is 5.28. The van der Waals surface area contributed by atoms with Crippen molar-refractivity contribution < 1.29 is 0 Å². The van der Waals surface area contributed by atoms with E-state index in [0.717, 1.165) is 19.6 Å². The van der Waals surface area contributed by atoms with Crippen LogP contribution in [0.4, 0.5) is 0 Å². The van der Waals surface area contributed by atoms with Crippen molar-refractivity contribution in [2.24, 2.45) is 0 Å². The summed E-state index contributed by atoms with van der Waals surface area (Å²) in [6, 6.07) is 7.27. The highest BCUT2D eigenvalue weighted by Crippen LogP contribution is 2.08. The highest BCUT2D eigenvalue weighted by atomic mass is 15.1. The van der Waals surface area contributed by atoms with Gasteiger partial charge >= 0.3 is 0 Å². The van der Waals surface area contributed by atoms with E-state index in [1.807, 2.05) is 0 Å². The molecule has 0 fully saturated rings. The Labute approximate surface area is 106 Å². The first kappa shape index (κ1) is 14.2. The van der Waals surface area contributed by atoms with E-state index in [-0.39, 0.29) is 0 Å². The fourth-order valence-corrected chi connectivity index (χ4v) is 2.12. The van der Waals surface area contributed by atoms with Crippen molar-refractivity contribution in [2.45, 2.75) is 40.3 Å². The van der Waals surface area contributed by atoms with E-state index in [2.05, 4.69) is 63.2 Å². The molecule has 0 aliphatic rings. The van der Waals surface area contributed by atoms with Crippen molar-refractivity contribution in [3.63, 3.8) is 0 Å².